The van der Waals surface area contributed by atoms with Crippen molar-refractivity contribution < 1.29 is 127 Å². The number of amides is 1. The van der Waals surface area contributed by atoms with Gasteiger partial charge < -0.3 is 24.7 Å². The number of likely N-dealkylation sites (N-methyl/N-ethyl adjacent to an activating group) is 1. The molecule has 1 aliphatic carbocycles. The second-order valence-corrected chi connectivity index (χ2v) is 5.79. The predicted octanol–water partition coefficient (Wildman–Crippen LogP) is -6.54. The van der Waals surface area contributed by atoms with Crippen molar-refractivity contribution in [1.29, 1.82) is 0 Å². The molecule has 0 heterocycles. The minimum absolute atomic E-state index is 0. The summed E-state index contributed by atoms with van der Waals surface area (Å²) in [5.41, 5.74) is 0. The monoisotopic (exact) mass is 375 g/mol. The molecule has 120 valence electrons. The third kappa shape index (κ3) is 11.1. The molecule has 8 heteroatoms. The standard InChI is InChI=1S/C15H25NO5.2K/c1-16(12(15(20)21)9-10-14(18)19)13(17)8-4-7-11-5-2-3-6-11;;/h11-12H,2-10H2,1H3,(H,18,19)(H,20,21);;/q;2*+1/p-2. The maximum Gasteiger partial charge on any atom is 1.00 e. The molecule has 0 aliphatic heterocycles. The van der Waals surface area contributed by atoms with Crippen LogP contribution in [0, 0.1) is 5.92 Å². The number of rotatable bonds is 9. The summed E-state index contributed by atoms with van der Waals surface area (Å²) in [6.45, 7) is 0. The topological polar surface area (TPSA) is 101 Å². The SMILES string of the molecule is CN(C(=O)CCCC1CCCC1)C(CCC(=O)[O-])C(=O)[O-].[K+].[K+]. The summed E-state index contributed by atoms with van der Waals surface area (Å²) < 4.78 is 0. The summed E-state index contributed by atoms with van der Waals surface area (Å²) in [4.78, 5) is 34.5. The summed E-state index contributed by atoms with van der Waals surface area (Å²) >= 11 is 0. The number of hydrogen-bond donors (Lipinski definition) is 0. The predicted molar refractivity (Wildman–Crippen MR) is 71.6 cm³/mol. The summed E-state index contributed by atoms with van der Waals surface area (Å²) in [6.07, 6.45) is 6.40. The van der Waals surface area contributed by atoms with Crippen molar-refractivity contribution >= 4 is 17.8 Å². The molecule has 1 unspecified atom stereocenters. The minimum atomic E-state index is -1.43. The third-order valence-corrected chi connectivity index (χ3v) is 4.23. The fraction of sp³-hybridized carbons (Fsp3) is 0.800. The second kappa shape index (κ2) is 14.8. The van der Waals surface area contributed by atoms with E-state index in [1.165, 1.54) is 32.7 Å². The van der Waals surface area contributed by atoms with E-state index in [0.717, 1.165) is 17.7 Å². The first kappa shape index (κ1) is 26.9. The number of hydrogen-bond acceptors (Lipinski definition) is 5. The van der Waals surface area contributed by atoms with E-state index < -0.39 is 24.4 Å². The van der Waals surface area contributed by atoms with Gasteiger partial charge in [0.1, 0.15) is 0 Å². The van der Waals surface area contributed by atoms with Crippen LogP contribution in [-0.2, 0) is 14.4 Å². The van der Waals surface area contributed by atoms with Crippen molar-refractivity contribution in [2.24, 2.45) is 5.92 Å². The average molecular weight is 376 g/mol. The van der Waals surface area contributed by atoms with Crippen LogP contribution in [0.2, 0.25) is 0 Å². The zero-order chi connectivity index (χ0) is 15.8. The Labute approximate surface area is 223 Å². The normalized spacial score (nSPS) is 15.2. The van der Waals surface area contributed by atoms with Gasteiger partial charge in [0.05, 0.1) is 12.0 Å². The maximum atomic E-state index is 12.0. The van der Waals surface area contributed by atoms with E-state index in [4.69, 9.17) is 0 Å². The second-order valence-electron chi connectivity index (χ2n) is 5.79. The zero-order valence-electron chi connectivity index (χ0n) is 14.5. The Bertz CT molecular complexity index is 386. The van der Waals surface area contributed by atoms with Crippen LogP contribution in [0.4, 0.5) is 0 Å². The first-order valence-corrected chi connectivity index (χ1v) is 7.58. The first-order chi connectivity index (χ1) is 9.91. The third-order valence-electron chi connectivity index (χ3n) is 4.23. The van der Waals surface area contributed by atoms with Gasteiger partial charge in [-0.05, 0) is 31.6 Å². The molecule has 0 radical (unpaired) electrons. The Morgan fingerprint density at radius 3 is 2.13 bits per heavy atom. The number of nitrogens with zero attached hydrogens (tertiary/aromatic N) is 1. The van der Waals surface area contributed by atoms with E-state index in [1.807, 2.05) is 0 Å². The van der Waals surface area contributed by atoms with Crippen molar-refractivity contribution in [3.63, 3.8) is 0 Å². The quantitative estimate of drug-likeness (QED) is 0.373. The Morgan fingerprint density at radius 2 is 1.65 bits per heavy atom. The molecule has 0 spiro atoms. The van der Waals surface area contributed by atoms with Crippen molar-refractivity contribution in [2.45, 2.75) is 63.8 Å². The van der Waals surface area contributed by atoms with E-state index in [2.05, 4.69) is 0 Å². The van der Waals surface area contributed by atoms with Gasteiger partial charge in [0.2, 0.25) is 5.91 Å². The molecule has 23 heavy (non-hydrogen) atoms. The first-order valence-electron chi connectivity index (χ1n) is 7.58. The van der Waals surface area contributed by atoms with Crippen LogP contribution in [0.15, 0.2) is 0 Å². The summed E-state index contributed by atoms with van der Waals surface area (Å²) in [5, 5.41) is 21.4. The molecular formula is C15H23K2NO5. The van der Waals surface area contributed by atoms with Gasteiger partial charge in [-0.1, -0.05) is 25.7 Å². The molecule has 1 amide bonds. The van der Waals surface area contributed by atoms with Gasteiger partial charge in [0.25, 0.3) is 0 Å². The van der Waals surface area contributed by atoms with Crippen LogP contribution >= 0.6 is 0 Å². The van der Waals surface area contributed by atoms with E-state index in [0.29, 0.717) is 12.3 Å². The van der Waals surface area contributed by atoms with Crippen molar-refractivity contribution in [1.82, 2.24) is 4.90 Å². The summed E-state index contributed by atoms with van der Waals surface area (Å²) in [5.74, 6) is -2.34. The molecule has 0 bridgehead atoms. The van der Waals surface area contributed by atoms with Crippen molar-refractivity contribution in [3.05, 3.63) is 0 Å². The van der Waals surface area contributed by atoms with E-state index >= 15 is 0 Å². The molecule has 1 atom stereocenters. The van der Waals surface area contributed by atoms with Gasteiger partial charge in [0.15, 0.2) is 0 Å². The molecule has 1 fully saturated rings. The van der Waals surface area contributed by atoms with Crippen LogP contribution in [-0.4, -0.2) is 35.8 Å². The van der Waals surface area contributed by atoms with Crippen molar-refractivity contribution in [3.8, 4) is 0 Å². The van der Waals surface area contributed by atoms with Gasteiger partial charge in [-0.2, -0.15) is 0 Å². The number of carbonyl (C=O) groups is 3. The number of carbonyl (C=O) groups excluding carboxylic acids is 3. The molecule has 0 N–H and O–H groups in total. The number of carboxylic acid groups (broad SMARTS) is 2. The van der Waals surface area contributed by atoms with Crippen LogP contribution in [0.25, 0.3) is 0 Å². The molecule has 0 aromatic carbocycles. The molecule has 1 rings (SSSR count). The zero-order valence-corrected chi connectivity index (χ0v) is 20.8. The van der Waals surface area contributed by atoms with Crippen molar-refractivity contribution in [2.75, 3.05) is 7.05 Å². The molecule has 0 saturated heterocycles. The van der Waals surface area contributed by atoms with E-state index in [1.54, 1.807) is 0 Å². The largest absolute Gasteiger partial charge is 1.00 e. The fourth-order valence-electron chi connectivity index (χ4n) is 2.92. The van der Waals surface area contributed by atoms with Crippen LogP contribution in [0.1, 0.15) is 57.8 Å². The van der Waals surface area contributed by atoms with E-state index in [9.17, 15) is 24.6 Å². The van der Waals surface area contributed by atoms with Gasteiger partial charge >= 0.3 is 103 Å². The molecular weight excluding hydrogens is 352 g/mol. The summed E-state index contributed by atoms with van der Waals surface area (Å²) in [6, 6.07) is -1.21. The summed E-state index contributed by atoms with van der Waals surface area (Å²) in [7, 11) is 1.38. The van der Waals surface area contributed by atoms with Gasteiger partial charge in [0, 0.05) is 19.4 Å². The average Bonchev–Trinajstić information content (AvgIpc) is 2.91. The fourth-order valence-corrected chi connectivity index (χ4v) is 2.92. The maximum absolute atomic E-state index is 12.0. The minimum Gasteiger partial charge on any atom is -0.550 e. The van der Waals surface area contributed by atoms with Gasteiger partial charge in [-0.25, -0.2) is 0 Å². The van der Waals surface area contributed by atoms with Gasteiger partial charge in [-0.3, -0.25) is 4.79 Å². The molecule has 0 aromatic rings. The van der Waals surface area contributed by atoms with E-state index in [-0.39, 0.29) is 115 Å². The van der Waals surface area contributed by atoms with Crippen LogP contribution in [0.3, 0.4) is 0 Å². The molecule has 1 saturated carbocycles. The van der Waals surface area contributed by atoms with Crippen LogP contribution < -0.4 is 113 Å². The Kier molecular flexibility index (Phi) is 17.3. The van der Waals surface area contributed by atoms with Gasteiger partial charge in [-0.15, -0.1) is 0 Å². The van der Waals surface area contributed by atoms with Crippen LogP contribution in [0.5, 0.6) is 0 Å². The number of aliphatic carboxylic acids is 2. The Balaban J connectivity index is 0. The smallest absolute Gasteiger partial charge is 0.550 e. The molecule has 1 aliphatic rings. The Morgan fingerprint density at radius 1 is 1.09 bits per heavy atom. The molecule has 0 aromatic heterocycles. The number of carboxylic acids is 2. The Hall–Kier alpha value is 1.68. The molecule has 6 nitrogen and oxygen atoms in total.